The minimum Gasteiger partial charge on any atom is -0.483 e. The summed E-state index contributed by atoms with van der Waals surface area (Å²) in [5.74, 6) is 1.27. The van der Waals surface area contributed by atoms with Crippen molar-refractivity contribution in [3.8, 4) is 0 Å². The molecule has 0 aromatic heterocycles. The highest BCUT2D eigenvalue weighted by atomic mass is 16.3. The zero-order chi connectivity index (χ0) is 18.1. The molecule has 2 fully saturated rings. The Kier molecular flexibility index (Phi) is 7.91. The van der Waals surface area contributed by atoms with Crippen LogP contribution in [0.25, 0.3) is 0 Å². The van der Waals surface area contributed by atoms with Crippen molar-refractivity contribution in [2.24, 2.45) is 11.8 Å². The number of aryl methyl sites for hydroxylation is 1. The first-order valence-electron chi connectivity index (χ1n) is 9.69. The minimum atomic E-state index is -0.373. The van der Waals surface area contributed by atoms with Gasteiger partial charge in [-0.15, -0.1) is 0 Å². The Morgan fingerprint density at radius 1 is 1.24 bits per heavy atom. The van der Waals surface area contributed by atoms with Crippen molar-refractivity contribution < 1.29 is 15.0 Å². The number of hydrogen-bond donors (Lipinski definition) is 2. The van der Waals surface area contributed by atoms with Crippen LogP contribution < -0.4 is 0 Å². The van der Waals surface area contributed by atoms with Crippen molar-refractivity contribution >= 4 is 6.47 Å². The summed E-state index contributed by atoms with van der Waals surface area (Å²) in [6.07, 6.45) is 8.23. The van der Waals surface area contributed by atoms with Gasteiger partial charge in [-0.3, -0.25) is 4.79 Å². The predicted octanol–water partition coefficient (Wildman–Crippen LogP) is 3.58. The first-order chi connectivity index (χ1) is 12.1. The average molecular weight is 347 g/mol. The molecule has 25 heavy (non-hydrogen) atoms. The van der Waals surface area contributed by atoms with Gasteiger partial charge in [-0.2, -0.15) is 0 Å². The van der Waals surface area contributed by atoms with Gasteiger partial charge in [0.05, 0.1) is 5.60 Å². The molecule has 1 saturated carbocycles. The fraction of sp³-hybridized carbons (Fsp3) is 0.667. The summed E-state index contributed by atoms with van der Waals surface area (Å²) in [6.45, 7) is 5.46. The third kappa shape index (κ3) is 5.55. The number of carboxylic acid groups (broad SMARTS) is 1. The van der Waals surface area contributed by atoms with E-state index in [-0.39, 0.29) is 12.1 Å². The molecule has 3 atom stereocenters. The Balaban J connectivity index is 0.000000701. The molecule has 1 aromatic rings. The van der Waals surface area contributed by atoms with E-state index in [9.17, 15) is 5.11 Å². The monoisotopic (exact) mass is 347 g/mol. The molecule has 4 heteroatoms. The van der Waals surface area contributed by atoms with Crippen molar-refractivity contribution in [3.05, 3.63) is 35.9 Å². The maximum absolute atomic E-state index is 10.9. The minimum absolute atomic E-state index is 0.250. The van der Waals surface area contributed by atoms with Gasteiger partial charge >= 0.3 is 0 Å². The fourth-order valence-corrected chi connectivity index (χ4v) is 4.65. The number of likely N-dealkylation sites (tertiary alicyclic amines) is 1. The zero-order valence-corrected chi connectivity index (χ0v) is 15.4. The summed E-state index contributed by atoms with van der Waals surface area (Å²) < 4.78 is 0. The second-order valence-corrected chi connectivity index (χ2v) is 7.52. The molecular formula is C21H33NO3. The SMILES string of the molecule is CC[C@]1(O)CCC[C@H]2CN(CCCCc3ccccc3)C[C@H]21.O=CO. The number of fused-ring (bicyclic) bond motifs is 1. The van der Waals surface area contributed by atoms with Crippen LogP contribution in [-0.2, 0) is 11.2 Å². The number of nitrogens with zero attached hydrogens (tertiary/aromatic N) is 1. The van der Waals surface area contributed by atoms with E-state index in [0.29, 0.717) is 5.92 Å². The van der Waals surface area contributed by atoms with E-state index in [1.807, 2.05) is 0 Å². The number of carbonyl (C=O) groups is 1. The lowest BCUT2D eigenvalue weighted by atomic mass is 9.69. The lowest BCUT2D eigenvalue weighted by Gasteiger charge is -2.40. The summed E-state index contributed by atoms with van der Waals surface area (Å²) in [4.78, 5) is 11.0. The summed E-state index contributed by atoms with van der Waals surface area (Å²) >= 11 is 0. The van der Waals surface area contributed by atoms with Crippen LogP contribution >= 0.6 is 0 Å². The van der Waals surface area contributed by atoms with Crippen LogP contribution in [0.4, 0.5) is 0 Å². The van der Waals surface area contributed by atoms with E-state index < -0.39 is 0 Å². The van der Waals surface area contributed by atoms with Crippen LogP contribution in [0.2, 0.25) is 0 Å². The Hall–Kier alpha value is -1.39. The van der Waals surface area contributed by atoms with Gasteiger partial charge < -0.3 is 15.1 Å². The van der Waals surface area contributed by atoms with Crippen molar-refractivity contribution in [3.63, 3.8) is 0 Å². The number of hydrogen-bond acceptors (Lipinski definition) is 3. The molecule has 0 unspecified atom stereocenters. The largest absolute Gasteiger partial charge is 0.483 e. The second kappa shape index (κ2) is 9.93. The van der Waals surface area contributed by atoms with Crippen LogP contribution in [0.1, 0.15) is 51.0 Å². The van der Waals surface area contributed by atoms with Gasteiger partial charge in [0.15, 0.2) is 0 Å². The molecule has 2 aliphatic rings. The molecule has 2 N–H and O–H groups in total. The van der Waals surface area contributed by atoms with Crippen LogP contribution in [-0.4, -0.2) is 46.8 Å². The van der Waals surface area contributed by atoms with Crippen LogP contribution in [0, 0.1) is 11.8 Å². The molecule has 1 aliphatic carbocycles. The quantitative estimate of drug-likeness (QED) is 0.610. The molecule has 140 valence electrons. The van der Waals surface area contributed by atoms with Crippen LogP contribution in [0.15, 0.2) is 30.3 Å². The van der Waals surface area contributed by atoms with E-state index >= 15 is 0 Å². The van der Waals surface area contributed by atoms with Gasteiger partial charge in [0.25, 0.3) is 6.47 Å². The van der Waals surface area contributed by atoms with E-state index in [2.05, 4.69) is 42.2 Å². The van der Waals surface area contributed by atoms with Gasteiger partial charge in [0, 0.05) is 19.0 Å². The van der Waals surface area contributed by atoms with Gasteiger partial charge in [0.2, 0.25) is 0 Å². The molecule has 1 heterocycles. The Bertz CT molecular complexity index is 507. The topological polar surface area (TPSA) is 60.8 Å². The lowest BCUT2D eigenvalue weighted by molar-refractivity contribution is -0.122. The standard InChI is InChI=1S/C20H31NO.CH2O2/c1-2-20(22)13-8-12-18-15-21(16-19(18)20)14-7-6-11-17-9-4-3-5-10-17;2-1-3/h3-5,9-10,18-19,22H,2,6-8,11-16H2,1H3;1H,(H,2,3)/t18-,19+,20-;/m0./s1. The van der Waals surface area contributed by atoms with Crippen molar-refractivity contribution in [2.45, 2.75) is 57.5 Å². The first-order valence-corrected chi connectivity index (χ1v) is 9.69. The molecule has 1 saturated heterocycles. The Morgan fingerprint density at radius 3 is 2.64 bits per heavy atom. The van der Waals surface area contributed by atoms with Crippen LogP contribution in [0.3, 0.4) is 0 Å². The molecule has 1 aliphatic heterocycles. The number of benzene rings is 1. The average Bonchev–Trinajstić information content (AvgIpc) is 3.05. The van der Waals surface area contributed by atoms with E-state index in [0.717, 1.165) is 25.3 Å². The second-order valence-electron chi connectivity index (χ2n) is 7.52. The maximum Gasteiger partial charge on any atom is 0.290 e. The van der Waals surface area contributed by atoms with E-state index in [4.69, 9.17) is 9.90 Å². The molecule has 3 rings (SSSR count). The molecule has 0 amide bonds. The fourth-order valence-electron chi connectivity index (χ4n) is 4.65. The zero-order valence-electron chi connectivity index (χ0n) is 15.4. The van der Waals surface area contributed by atoms with Gasteiger partial charge in [0.1, 0.15) is 0 Å². The van der Waals surface area contributed by atoms with Gasteiger partial charge in [-0.25, -0.2) is 0 Å². The number of unbranched alkanes of at least 4 members (excludes halogenated alkanes) is 1. The Labute approximate surface area is 151 Å². The van der Waals surface area contributed by atoms with Gasteiger partial charge in [-0.05, 0) is 56.6 Å². The van der Waals surface area contributed by atoms with E-state index in [1.54, 1.807) is 0 Å². The molecule has 0 radical (unpaired) electrons. The lowest BCUT2D eigenvalue weighted by Crippen LogP contribution is -2.44. The Morgan fingerprint density at radius 2 is 1.96 bits per heavy atom. The third-order valence-electron chi connectivity index (χ3n) is 6.04. The van der Waals surface area contributed by atoms with E-state index in [1.165, 1.54) is 50.8 Å². The number of rotatable bonds is 6. The third-order valence-corrected chi connectivity index (χ3v) is 6.04. The van der Waals surface area contributed by atoms with Gasteiger partial charge in [-0.1, -0.05) is 43.7 Å². The molecule has 1 aromatic carbocycles. The number of aliphatic hydroxyl groups is 1. The highest BCUT2D eigenvalue weighted by Gasteiger charge is 2.47. The first kappa shape index (κ1) is 19.9. The highest BCUT2D eigenvalue weighted by molar-refractivity contribution is 5.32. The maximum atomic E-state index is 10.9. The highest BCUT2D eigenvalue weighted by Crippen LogP contribution is 2.44. The van der Waals surface area contributed by atoms with Crippen molar-refractivity contribution in [1.82, 2.24) is 4.90 Å². The smallest absolute Gasteiger partial charge is 0.290 e. The summed E-state index contributed by atoms with van der Waals surface area (Å²) in [6, 6.07) is 10.8. The summed E-state index contributed by atoms with van der Waals surface area (Å²) in [5, 5.41) is 17.8. The summed E-state index contributed by atoms with van der Waals surface area (Å²) in [7, 11) is 0. The molecule has 0 bridgehead atoms. The molecule has 4 nitrogen and oxygen atoms in total. The molecule has 0 spiro atoms. The molecular weight excluding hydrogens is 314 g/mol. The van der Waals surface area contributed by atoms with Crippen molar-refractivity contribution in [2.75, 3.05) is 19.6 Å². The normalized spacial score (nSPS) is 28.7. The predicted molar refractivity (Wildman–Crippen MR) is 101 cm³/mol. The van der Waals surface area contributed by atoms with Crippen LogP contribution in [0.5, 0.6) is 0 Å². The van der Waals surface area contributed by atoms with Crippen molar-refractivity contribution in [1.29, 1.82) is 0 Å². The summed E-state index contributed by atoms with van der Waals surface area (Å²) in [5.41, 5.74) is 1.08.